The molecule has 0 aliphatic heterocycles. The van der Waals surface area contributed by atoms with Crippen LogP contribution in [-0.4, -0.2) is 0 Å². The molecule has 0 saturated heterocycles. The third-order valence-corrected chi connectivity index (χ3v) is 6.51. The minimum atomic E-state index is 0.000617. The van der Waals surface area contributed by atoms with Crippen LogP contribution in [0.1, 0.15) is 25.0 Å². The van der Waals surface area contributed by atoms with Crippen LogP contribution in [0, 0.1) is 0 Å². The summed E-state index contributed by atoms with van der Waals surface area (Å²) in [6.07, 6.45) is 0. The van der Waals surface area contributed by atoms with E-state index >= 15 is 0 Å². The maximum Gasteiger partial charge on any atom is 0.0401 e. The van der Waals surface area contributed by atoms with Crippen LogP contribution in [0.15, 0.2) is 95.5 Å². The molecule has 1 aliphatic rings. The van der Waals surface area contributed by atoms with Gasteiger partial charge in [-0.25, -0.2) is 0 Å². The molecule has 0 atom stereocenters. The first-order valence-electron chi connectivity index (χ1n) is 9.90. The van der Waals surface area contributed by atoms with Gasteiger partial charge in [0.05, 0.1) is 0 Å². The molecule has 1 nitrogen and oxygen atoms in total. The summed E-state index contributed by atoms with van der Waals surface area (Å²) in [5, 5.41) is 3.58. The number of hydrogen-bond donors (Lipinski definition) is 1. The molecule has 0 unspecified atom stereocenters. The van der Waals surface area contributed by atoms with Crippen LogP contribution < -0.4 is 5.32 Å². The number of nitrogens with one attached hydrogen (secondary N) is 1. The van der Waals surface area contributed by atoms with Crippen LogP contribution in [0.2, 0.25) is 0 Å². The van der Waals surface area contributed by atoms with Crippen molar-refractivity contribution in [2.75, 3.05) is 5.32 Å². The standard InChI is InChI=1S/C27H22BrN/c1-27(2)24-11-7-6-10-22(24)23-16-21(17-25(28)26(23)27)29-20-14-12-19(13-15-20)18-8-4-3-5-9-18/h3-17,29H,1-2H3. The van der Waals surface area contributed by atoms with Crippen molar-refractivity contribution in [1.29, 1.82) is 0 Å². The maximum absolute atomic E-state index is 3.85. The fraction of sp³-hybridized carbons (Fsp3) is 0.111. The van der Waals surface area contributed by atoms with Crippen molar-refractivity contribution in [3.63, 3.8) is 0 Å². The predicted molar refractivity (Wildman–Crippen MR) is 127 cm³/mol. The van der Waals surface area contributed by atoms with Gasteiger partial charge in [0.1, 0.15) is 0 Å². The molecular weight excluding hydrogens is 418 g/mol. The zero-order chi connectivity index (χ0) is 20.0. The topological polar surface area (TPSA) is 12.0 Å². The molecule has 5 rings (SSSR count). The summed E-state index contributed by atoms with van der Waals surface area (Å²) in [7, 11) is 0. The summed E-state index contributed by atoms with van der Waals surface area (Å²) in [4.78, 5) is 0. The van der Waals surface area contributed by atoms with Crippen molar-refractivity contribution in [1.82, 2.24) is 0 Å². The lowest BCUT2D eigenvalue weighted by atomic mass is 9.82. The number of fused-ring (bicyclic) bond motifs is 3. The Labute approximate surface area is 180 Å². The monoisotopic (exact) mass is 439 g/mol. The molecule has 0 spiro atoms. The number of halogens is 1. The van der Waals surface area contributed by atoms with Gasteiger partial charge in [0, 0.05) is 21.3 Å². The van der Waals surface area contributed by atoms with E-state index < -0.39 is 0 Å². The molecule has 0 saturated carbocycles. The predicted octanol–water partition coefficient (Wildman–Crippen LogP) is 8.17. The van der Waals surface area contributed by atoms with Crippen molar-refractivity contribution >= 4 is 27.3 Å². The first-order chi connectivity index (χ1) is 14.0. The maximum atomic E-state index is 3.85. The van der Waals surface area contributed by atoms with Gasteiger partial charge < -0.3 is 5.32 Å². The molecule has 4 aromatic carbocycles. The Balaban J connectivity index is 1.49. The quantitative estimate of drug-likeness (QED) is 0.339. The van der Waals surface area contributed by atoms with Crippen molar-refractivity contribution in [2.45, 2.75) is 19.3 Å². The lowest BCUT2D eigenvalue weighted by Crippen LogP contribution is -2.15. The summed E-state index contributed by atoms with van der Waals surface area (Å²) in [6, 6.07) is 32.3. The molecule has 2 heteroatoms. The summed E-state index contributed by atoms with van der Waals surface area (Å²) in [5.74, 6) is 0. The Bertz CT molecular complexity index is 1190. The van der Waals surface area contributed by atoms with Gasteiger partial charge in [0.2, 0.25) is 0 Å². The number of hydrogen-bond acceptors (Lipinski definition) is 1. The highest BCUT2D eigenvalue weighted by molar-refractivity contribution is 9.10. The van der Waals surface area contributed by atoms with E-state index in [2.05, 4.69) is 120 Å². The highest BCUT2D eigenvalue weighted by atomic mass is 79.9. The van der Waals surface area contributed by atoms with Crippen LogP contribution in [-0.2, 0) is 5.41 Å². The van der Waals surface area contributed by atoms with E-state index in [1.54, 1.807) is 0 Å². The molecule has 0 fully saturated rings. The first kappa shape index (κ1) is 18.2. The minimum Gasteiger partial charge on any atom is -0.355 e. The Kier molecular flexibility index (Phi) is 4.33. The van der Waals surface area contributed by atoms with Gasteiger partial charge in [-0.15, -0.1) is 0 Å². The summed E-state index contributed by atoms with van der Waals surface area (Å²) >= 11 is 3.85. The van der Waals surface area contributed by atoms with Gasteiger partial charge in [0.15, 0.2) is 0 Å². The largest absolute Gasteiger partial charge is 0.355 e. The lowest BCUT2D eigenvalue weighted by Gasteiger charge is -2.23. The molecule has 0 bridgehead atoms. The molecule has 0 amide bonds. The average Bonchev–Trinajstić information content (AvgIpc) is 2.97. The minimum absolute atomic E-state index is 0.000617. The van der Waals surface area contributed by atoms with E-state index in [0.717, 1.165) is 15.8 Å². The van der Waals surface area contributed by atoms with Gasteiger partial charge in [-0.3, -0.25) is 0 Å². The van der Waals surface area contributed by atoms with E-state index in [0.29, 0.717) is 0 Å². The van der Waals surface area contributed by atoms with E-state index in [-0.39, 0.29) is 5.41 Å². The van der Waals surface area contributed by atoms with Gasteiger partial charge in [0.25, 0.3) is 0 Å². The number of anilines is 2. The molecule has 1 N–H and O–H groups in total. The van der Waals surface area contributed by atoms with Gasteiger partial charge in [-0.1, -0.05) is 96.5 Å². The first-order valence-corrected chi connectivity index (χ1v) is 10.7. The van der Waals surface area contributed by atoms with Crippen molar-refractivity contribution < 1.29 is 0 Å². The second-order valence-electron chi connectivity index (χ2n) is 8.12. The van der Waals surface area contributed by atoms with Crippen molar-refractivity contribution in [3.8, 4) is 22.3 Å². The number of rotatable bonds is 3. The normalized spacial score (nSPS) is 13.6. The van der Waals surface area contributed by atoms with Crippen LogP contribution in [0.4, 0.5) is 11.4 Å². The molecular formula is C27H22BrN. The highest BCUT2D eigenvalue weighted by Gasteiger charge is 2.37. The Morgan fingerprint density at radius 2 is 1.31 bits per heavy atom. The lowest BCUT2D eigenvalue weighted by molar-refractivity contribution is 0.657. The van der Waals surface area contributed by atoms with Crippen LogP contribution in [0.25, 0.3) is 22.3 Å². The van der Waals surface area contributed by atoms with E-state index in [4.69, 9.17) is 0 Å². The summed E-state index contributed by atoms with van der Waals surface area (Å²) in [5.41, 5.74) is 10.0. The van der Waals surface area contributed by atoms with E-state index in [1.807, 2.05) is 6.07 Å². The SMILES string of the molecule is CC1(C)c2ccccc2-c2cc(Nc3ccc(-c4ccccc4)cc3)cc(Br)c21. The molecule has 0 heterocycles. The Morgan fingerprint density at radius 3 is 2.07 bits per heavy atom. The second kappa shape index (κ2) is 6.89. The summed E-state index contributed by atoms with van der Waals surface area (Å²) < 4.78 is 1.15. The Morgan fingerprint density at radius 1 is 0.655 bits per heavy atom. The fourth-order valence-electron chi connectivity index (χ4n) is 4.47. The molecule has 142 valence electrons. The third kappa shape index (κ3) is 3.08. The summed E-state index contributed by atoms with van der Waals surface area (Å²) in [6.45, 7) is 4.61. The zero-order valence-electron chi connectivity index (χ0n) is 16.5. The van der Waals surface area contributed by atoms with E-state index in [9.17, 15) is 0 Å². The van der Waals surface area contributed by atoms with Gasteiger partial charge >= 0.3 is 0 Å². The average molecular weight is 440 g/mol. The third-order valence-electron chi connectivity index (χ3n) is 5.89. The van der Waals surface area contributed by atoms with Crippen molar-refractivity contribution in [2.24, 2.45) is 0 Å². The van der Waals surface area contributed by atoms with Crippen LogP contribution in [0.5, 0.6) is 0 Å². The van der Waals surface area contributed by atoms with E-state index in [1.165, 1.54) is 33.4 Å². The highest BCUT2D eigenvalue weighted by Crippen LogP contribution is 2.52. The second-order valence-corrected chi connectivity index (χ2v) is 8.97. The van der Waals surface area contributed by atoms with Gasteiger partial charge in [-0.2, -0.15) is 0 Å². The van der Waals surface area contributed by atoms with Crippen LogP contribution >= 0.6 is 15.9 Å². The van der Waals surface area contributed by atoms with Crippen molar-refractivity contribution in [3.05, 3.63) is 107 Å². The molecule has 4 aromatic rings. The zero-order valence-corrected chi connectivity index (χ0v) is 18.1. The molecule has 1 aliphatic carbocycles. The molecule has 0 aromatic heterocycles. The molecule has 0 radical (unpaired) electrons. The number of benzene rings is 4. The van der Waals surface area contributed by atoms with Crippen LogP contribution in [0.3, 0.4) is 0 Å². The fourth-order valence-corrected chi connectivity index (χ4v) is 5.42. The molecule has 29 heavy (non-hydrogen) atoms. The Hall–Kier alpha value is -2.84. The van der Waals surface area contributed by atoms with Gasteiger partial charge in [-0.05, 0) is 57.6 Å². The smallest absolute Gasteiger partial charge is 0.0401 e.